The largest absolute Gasteiger partial charge is 0.340 e. The Morgan fingerprint density at radius 3 is 3.00 bits per heavy atom. The van der Waals surface area contributed by atoms with Crippen LogP contribution in [0, 0.1) is 5.82 Å². The molecule has 0 fully saturated rings. The number of carbonyl (C=O) groups is 1. The van der Waals surface area contributed by atoms with Crippen molar-refractivity contribution in [2.45, 2.75) is 56.1 Å². The van der Waals surface area contributed by atoms with Gasteiger partial charge < -0.3 is 9.47 Å². The molecule has 2 heterocycles. The Balaban J connectivity index is 1.63. The molecule has 1 atom stereocenters. The second-order valence-electron chi connectivity index (χ2n) is 6.45. The van der Waals surface area contributed by atoms with E-state index in [0.29, 0.717) is 6.54 Å². The van der Waals surface area contributed by atoms with Crippen LogP contribution in [0.25, 0.3) is 0 Å². The first-order valence-electron chi connectivity index (χ1n) is 8.63. The average Bonchev–Trinajstić information content (AvgIpc) is 2.81. The Labute approximate surface area is 151 Å². The van der Waals surface area contributed by atoms with Gasteiger partial charge >= 0.3 is 0 Å². The first kappa shape index (κ1) is 17.9. The summed E-state index contributed by atoms with van der Waals surface area (Å²) in [5.74, 6) is 0.736. The van der Waals surface area contributed by atoms with Crippen LogP contribution in [-0.2, 0) is 24.3 Å². The molecule has 0 saturated carbocycles. The van der Waals surface area contributed by atoms with Gasteiger partial charge in [0.15, 0.2) is 5.16 Å². The van der Waals surface area contributed by atoms with E-state index in [0.717, 1.165) is 42.4 Å². The summed E-state index contributed by atoms with van der Waals surface area (Å²) < 4.78 is 15.4. The molecule has 0 radical (unpaired) electrons. The summed E-state index contributed by atoms with van der Waals surface area (Å²) >= 11 is 1.45. The second-order valence-corrected chi connectivity index (χ2v) is 7.75. The van der Waals surface area contributed by atoms with E-state index in [9.17, 15) is 9.18 Å². The highest BCUT2D eigenvalue weighted by atomic mass is 32.2. The van der Waals surface area contributed by atoms with Crippen molar-refractivity contribution in [1.29, 1.82) is 0 Å². The topological polar surface area (TPSA) is 51.0 Å². The molecular weight excluding hydrogens is 339 g/mol. The molecule has 1 aliphatic heterocycles. The maximum absolute atomic E-state index is 13.3. The number of thioether (sulfide) groups is 1. The number of aryl methyl sites for hydroxylation is 1. The lowest BCUT2D eigenvalue weighted by Gasteiger charge is -2.21. The third-order valence-corrected chi connectivity index (χ3v) is 5.46. The van der Waals surface area contributed by atoms with Crippen LogP contribution in [0.1, 0.15) is 37.6 Å². The average molecular weight is 362 g/mol. The van der Waals surface area contributed by atoms with Gasteiger partial charge in [-0.25, -0.2) is 4.39 Å². The fraction of sp³-hybridized carbons (Fsp3) is 0.500. The summed E-state index contributed by atoms with van der Waals surface area (Å²) in [6, 6.07) is 6.34. The van der Waals surface area contributed by atoms with Crippen LogP contribution in [0.3, 0.4) is 0 Å². The number of hydrogen-bond donors (Lipinski definition) is 0. The highest BCUT2D eigenvalue weighted by Crippen LogP contribution is 2.26. The van der Waals surface area contributed by atoms with Crippen LogP contribution in [-0.4, -0.2) is 37.9 Å². The van der Waals surface area contributed by atoms with Gasteiger partial charge in [0, 0.05) is 26.6 Å². The van der Waals surface area contributed by atoms with E-state index in [1.807, 2.05) is 13.0 Å². The number of carbonyl (C=O) groups excluding carboxylic acids is 1. The minimum Gasteiger partial charge on any atom is -0.340 e. The number of fused-ring (bicyclic) bond motifs is 1. The van der Waals surface area contributed by atoms with Gasteiger partial charge in [-0.3, -0.25) is 4.79 Å². The Bertz CT molecular complexity index is 748. The number of aromatic nitrogens is 3. The van der Waals surface area contributed by atoms with Crippen LogP contribution in [0.15, 0.2) is 29.4 Å². The maximum atomic E-state index is 13.3. The summed E-state index contributed by atoms with van der Waals surface area (Å²) in [6.45, 7) is 3.19. The van der Waals surface area contributed by atoms with Gasteiger partial charge in [-0.1, -0.05) is 30.3 Å². The number of rotatable bonds is 5. The lowest BCUT2D eigenvalue weighted by atomic mass is 10.2. The zero-order valence-electron chi connectivity index (χ0n) is 14.6. The summed E-state index contributed by atoms with van der Waals surface area (Å²) in [7, 11) is 1.74. The second kappa shape index (κ2) is 7.99. The summed E-state index contributed by atoms with van der Waals surface area (Å²) in [6.07, 6.45) is 4.43. The van der Waals surface area contributed by atoms with Crippen LogP contribution < -0.4 is 0 Å². The maximum Gasteiger partial charge on any atom is 0.235 e. The molecule has 134 valence electrons. The first-order valence-corrected chi connectivity index (χ1v) is 9.50. The standard InChI is InChI=1S/C18H23FN4OS/c1-13(17(24)22(2)12-14-7-6-8-15(19)11-14)25-18-21-20-16-9-4-3-5-10-23(16)18/h6-8,11,13H,3-5,9-10,12H2,1-2H3. The minimum atomic E-state index is -0.285. The van der Waals surface area contributed by atoms with Gasteiger partial charge in [0.25, 0.3) is 0 Å². The number of nitrogens with zero attached hydrogens (tertiary/aromatic N) is 4. The van der Waals surface area contributed by atoms with Gasteiger partial charge in [0.05, 0.1) is 5.25 Å². The smallest absolute Gasteiger partial charge is 0.235 e. The number of hydrogen-bond acceptors (Lipinski definition) is 4. The monoisotopic (exact) mass is 362 g/mol. The highest BCUT2D eigenvalue weighted by molar-refractivity contribution is 8.00. The van der Waals surface area contributed by atoms with Crippen LogP contribution in [0.2, 0.25) is 0 Å². The summed E-state index contributed by atoms with van der Waals surface area (Å²) in [5, 5.41) is 9.10. The molecule has 5 nitrogen and oxygen atoms in total. The molecule has 0 aliphatic carbocycles. The molecular formula is C18H23FN4OS. The van der Waals surface area contributed by atoms with Crippen molar-refractivity contribution in [3.05, 3.63) is 41.5 Å². The minimum absolute atomic E-state index is 0.000216. The molecule has 1 unspecified atom stereocenters. The van der Waals surface area contributed by atoms with E-state index in [4.69, 9.17) is 0 Å². The molecule has 25 heavy (non-hydrogen) atoms. The molecule has 3 rings (SSSR count). The first-order chi connectivity index (χ1) is 12.0. The molecule has 2 aromatic rings. The van der Waals surface area contributed by atoms with Gasteiger partial charge in [0.2, 0.25) is 5.91 Å². The molecule has 1 aromatic carbocycles. The SMILES string of the molecule is CC(Sc1nnc2n1CCCCC2)C(=O)N(C)Cc1cccc(F)c1. The van der Waals surface area contributed by atoms with Gasteiger partial charge in [-0.2, -0.15) is 0 Å². The van der Waals surface area contributed by atoms with Crippen molar-refractivity contribution in [1.82, 2.24) is 19.7 Å². The Morgan fingerprint density at radius 2 is 2.20 bits per heavy atom. The van der Waals surface area contributed by atoms with E-state index in [2.05, 4.69) is 14.8 Å². The molecule has 0 saturated heterocycles. The lowest BCUT2D eigenvalue weighted by Crippen LogP contribution is -2.33. The third-order valence-electron chi connectivity index (χ3n) is 4.39. The number of amides is 1. The molecule has 0 N–H and O–H groups in total. The fourth-order valence-corrected chi connectivity index (χ4v) is 4.06. The number of halogens is 1. The molecule has 7 heteroatoms. The van der Waals surface area contributed by atoms with E-state index in [1.54, 1.807) is 18.0 Å². The van der Waals surface area contributed by atoms with Crippen LogP contribution >= 0.6 is 11.8 Å². The quantitative estimate of drug-likeness (QED) is 0.766. The summed E-state index contributed by atoms with van der Waals surface area (Å²) in [4.78, 5) is 14.3. The van der Waals surface area contributed by atoms with Crippen molar-refractivity contribution in [3.8, 4) is 0 Å². The predicted molar refractivity (Wildman–Crippen MR) is 95.8 cm³/mol. The normalized spacial score (nSPS) is 15.3. The van der Waals surface area contributed by atoms with E-state index in [1.165, 1.54) is 30.3 Å². The van der Waals surface area contributed by atoms with E-state index in [-0.39, 0.29) is 17.0 Å². The van der Waals surface area contributed by atoms with Gasteiger partial charge in [-0.15, -0.1) is 10.2 Å². The third kappa shape index (κ3) is 4.39. The van der Waals surface area contributed by atoms with Gasteiger partial charge in [0.1, 0.15) is 11.6 Å². The van der Waals surface area contributed by atoms with Crippen molar-refractivity contribution < 1.29 is 9.18 Å². The zero-order chi connectivity index (χ0) is 17.8. The molecule has 1 aliphatic rings. The van der Waals surface area contributed by atoms with Crippen LogP contribution in [0.5, 0.6) is 0 Å². The number of benzene rings is 1. The fourth-order valence-electron chi connectivity index (χ4n) is 3.05. The van der Waals surface area contributed by atoms with E-state index >= 15 is 0 Å². The Kier molecular flexibility index (Phi) is 5.73. The molecule has 0 spiro atoms. The van der Waals surface area contributed by atoms with Crippen molar-refractivity contribution in [2.75, 3.05) is 7.05 Å². The molecule has 1 amide bonds. The van der Waals surface area contributed by atoms with Crippen molar-refractivity contribution >= 4 is 17.7 Å². The highest BCUT2D eigenvalue weighted by Gasteiger charge is 2.23. The Morgan fingerprint density at radius 1 is 1.36 bits per heavy atom. The summed E-state index contributed by atoms with van der Waals surface area (Å²) in [5.41, 5.74) is 0.782. The van der Waals surface area contributed by atoms with Crippen molar-refractivity contribution in [2.24, 2.45) is 0 Å². The van der Waals surface area contributed by atoms with Gasteiger partial charge in [-0.05, 0) is 37.5 Å². The van der Waals surface area contributed by atoms with E-state index < -0.39 is 0 Å². The van der Waals surface area contributed by atoms with Crippen molar-refractivity contribution in [3.63, 3.8) is 0 Å². The molecule has 1 aromatic heterocycles. The zero-order valence-corrected chi connectivity index (χ0v) is 15.4. The predicted octanol–water partition coefficient (Wildman–Crippen LogP) is 3.28. The molecule has 0 bridgehead atoms. The lowest BCUT2D eigenvalue weighted by molar-refractivity contribution is -0.129. The Hall–Kier alpha value is -1.89. The van der Waals surface area contributed by atoms with Crippen LogP contribution in [0.4, 0.5) is 4.39 Å².